The third-order valence-corrected chi connectivity index (χ3v) is 4.27. The Morgan fingerprint density at radius 1 is 1.26 bits per heavy atom. The molecule has 2 aromatic rings. The van der Waals surface area contributed by atoms with Crippen molar-refractivity contribution in [3.8, 4) is 0 Å². The monoisotopic (exact) mass is 258 g/mol. The van der Waals surface area contributed by atoms with E-state index < -0.39 is 0 Å². The van der Waals surface area contributed by atoms with Crippen LogP contribution in [-0.2, 0) is 13.5 Å². The Kier molecular flexibility index (Phi) is 3.51. The van der Waals surface area contributed by atoms with Crippen molar-refractivity contribution in [2.45, 2.75) is 44.4 Å². The maximum atomic E-state index is 5.74. The van der Waals surface area contributed by atoms with E-state index in [1.54, 1.807) is 6.33 Å². The van der Waals surface area contributed by atoms with Crippen LogP contribution in [0.5, 0.6) is 0 Å². The van der Waals surface area contributed by atoms with Crippen molar-refractivity contribution in [1.29, 1.82) is 0 Å². The second-order valence-corrected chi connectivity index (χ2v) is 5.60. The molecule has 0 amide bonds. The van der Waals surface area contributed by atoms with E-state index >= 15 is 0 Å². The molecule has 0 bridgehead atoms. The van der Waals surface area contributed by atoms with Crippen LogP contribution in [0.25, 0.3) is 11.0 Å². The van der Waals surface area contributed by atoms with Gasteiger partial charge in [-0.1, -0.05) is 19.3 Å². The van der Waals surface area contributed by atoms with Crippen molar-refractivity contribution < 1.29 is 0 Å². The molecule has 0 radical (unpaired) electrons. The largest absolute Gasteiger partial charge is 0.335 e. The van der Waals surface area contributed by atoms with Gasteiger partial charge in [0.1, 0.15) is 12.0 Å². The van der Waals surface area contributed by atoms with Crippen LogP contribution in [0.2, 0.25) is 0 Å². The minimum atomic E-state index is 0.609. The molecule has 1 saturated carbocycles. The zero-order chi connectivity index (χ0) is 13.2. The number of hydrogen-bond acceptors (Lipinski definition) is 3. The molecule has 0 spiro atoms. The molecule has 1 fully saturated rings. The first kappa shape index (κ1) is 12.6. The maximum Gasteiger partial charge on any atom is 0.143 e. The number of hydrogen-bond donors (Lipinski definition) is 1. The summed E-state index contributed by atoms with van der Waals surface area (Å²) in [6.07, 6.45) is 11.4. The minimum Gasteiger partial charge on any atom is -0.335 e. The molecule has 4 nitrogen and oxygen atoms in total. The maximum absolute atomic E-state index is 5.74. The lowest BCUT2D eigenvalue weighted by Gasteiger charge is -2.21. The lowest BCUT2D eigenvalue weighted by Crippen LogP contribution is -2.09. The third-order valence-electron chi connectivity index (χ3n) is 4.27. The van der Waals surface area contributed by atoms with Gasteiger partial charge >= 0.3 is 0 Å². The molecule has 1 aliphatic carbocycles. The van der Waals surface area contributed by atoms with Gasteiger partial charge in [0.25, 0.3) is 0 Å². The van der Waals surface area contributed by atoms with Crippen LogP contribution in [0.3, 0.4) is 0 Å². The number of nitrogens with zero attached hydrogens (tertiary/aromatic N) is 3. The summed E-state index contributed by atoms with van der Waals surface area (Å²) < 4.78 is 2.11. The van der Waals surface area contributed by atoms with Crippen molar-refractivity contribution in [3.63, 3.8) is 0 Å². The van der Waals surface area contributed by atoms with E-state index in [1.165, 1.54) is 48.7 Å². The lowest BCUT2D eigenvalue weighted by atomic mass is 9.85. The first-order valence-electron chi connectivity index (χ1n) is 7.30. The average molecular weight is 258 g/mol. The summed E-state index contributed by atoms with van der Waals surface area (Å²) in [5.41, 5.74) is 9.36. The summed E-state index contributed by atoms with van der Waals surface area (Å²) in [6, 6.07) is 0. The SMILES string of the molecule is Cn1cc(CCN)c2c(C3CCCCC3)ncnc21. The van der Waals surface area contributed by atoms with Crippen molar-refractivity contribution in [2.24, 2.45) is 12.8 Å². The summed E-state index contributed by atoms with van der Waals surface area (Å²) >= 11 is 0. The van der Waals surface area contributed by atoms with E-state index in [4.69, 9.17) is 5.73 Å². The van der Waals surface area contributed by atoms with E-state index in [9.17, 15) is 0 Å². The molecule has 0 unspecified atom stereocenters. The van der Waals surface area contributed by atoms with E-state index in [0.717, 1.165) is 12.1 Å². The van der Waals surface area contributed by atoms with Crippen LogP contribution in [0.4, 0.5) is 0 Å². The zero-order valence-corrected chi connectivity index (χ0v) is 11.6. The molecule has 1 aliphatic rings. The molecule has 0 atom stereocenters. The Balaban J connectivity index is 2.12. The average Bonchev–Trinajstić information content (AvgIpc) is 2.77. The van der Waals surface area contributed by atoms with Crippen molar-refractivity contribution in [3.05, 3.63) is 23.8 Å². The second-order valence-electron chi connectivity index (χ2n) is 5.60. The highest BCUT2D eigenvalue weighted by atomic mass is 15.0. The molecular weight excluding hydrogens is 236 g/mol. The van der Waals surface area contributed by atoms with Crippen molar-refractivity contribution in [2.75, 3.05) is 6.54 Å². The van der Waals surface area contributed by atoms with Gasteiger partial charge in [0.15, 0.2) is 0 Å². The fraction of sp³-hybridized carbons (Fsp3) is 0.600. The van der Waals surface area contributed by atoms with Gasteiger partial charge in [-0.25, -0.2) is 9.97 Å². The zero-order valence-electron chi connectivity index (χ0n) is 11.6. The fourth-order valence-corrected chi connectivity index (χ4v) is 3.35. The van der Waals surface area contributed by atoms with Gasteiger partial charge in [0.2, 0.25) is 0 Å². The van der Waals surface area contributed by atoms with Gasteiger partial charge in [-0.15, -0.1) is 0 Å². The highest BCUT2D eigenvalue weighted by Crippen LogP contribution is 2.36. The Morgan fingerprint density at radius 3 is 2.79 bits per heavy atom. The van der Waals surface area contributed by atoms with E-state index in [1.807, 2.05) is 0 Å². The van der Waals surface area contributed by atoms with Gasteiger partial charge in [0.05, 0.1) is 5.69 Å². The summed E-state index contributed by atoms with van der Waals surface area (Å²) in [6.45, 7) is 0.679. The number of rotatable bonds is 3. The van der Waals surface area contributed by atoms with E-state index in [0.29, 0.717) is 12.5 Å². The molecule has 19 heavy (non-hydrogen) atoms. The predicted molar refractivity (Wildman–Crippen MR) is 77.1 cm³/mol. The van der Waals surface area contributed by atoms with Gasteiger partial charge in [-0.2, -0.15) is 0 Å². The number of aryl methyl sites for hydroxylation is 1. The quantitative estimate of drug-likeness (QED) is 0.920. The lowest BCUT2D eigenvalue weighted by molar-refractivity contribution is 0.438. The van der Waals surface area contributed by atoms with Gasteiger partial charge in [-0.3, -0.25) is 0 Å². The number of fused-ring (bicyclic) bond motifs is 1. The molecular formula is C15H22N4. The summed E-state index contributed by atoms with van der Waals surface area (Å²) in [5.74, 6) is 0.609. The summed E-state index contributed by atoms with van der Waals surface area (Å²) in [7, 11) is 2.06. The van der Waals surface area contributed by atoms with Gasteiger partial charge in [0, 0.05) is 24.5 Å². The van der Waals surface area contributed by atoms with Crippen LogP contribution in [0.1, 0.15) is 49.3 Å². The molecule has 2 aromatic heterocycles. The first-order valence-corrected chi connectivity index (χ1v) is 7.30. The number of aromatic nitrogens is 3. The van der Waals surface area contributed by atoms with E-state index in [-0.39, 0.29) is 0 Å². The Labute approximate surface area is 114 Å². The molecule has 0 aromatic carbocycles. The number of nitrogens with two attached hydrogens (primary N) is 1. The molecule has 2 N–H and O–H groups in total. The standard InChI is InChI=1S/C15H22N4/c1-19-9-12(7-8-16)13-14(17-10-18-15(13)19)11-5-3-2-4-6-11/h9-11H,2-8,16H2,1H3. The summed E-state index contributed by atoms with van der Waals surface area (Å²) in [4.78, 5) is 9.07. The highest BCUT2D eigenvalue weighted by molar-refractivity contribution is 5.83. The van der Waals surface area contributed by atoms with Crippen molar-refractivity contribution in [1.82, 2.24) is 14.5 Å². The predicted octanol–water partition coefficient (Wildman–Crippen LogP) is 2.52. The Morgan fingerprint density at radius 2 is 2.05 bits per heavy atom. The first-order chi connectivity index (χ1) is 9.31. The van der Waals surface area contributed by atoms with Gasteiger partial charge in [-0.05, 0) is 31.4 Å². The van der Waals surface area contributed by atoms with Crippen LogP contribution in [-0.4, -0.2) is 21.1 Å². The highest BCUT2D eigenvalue weighted by Gasteiger charge is 2.22. The smallest absolute Gasteiger partial charge is 0.143 e. The molecule has 102 valence electrons. The molecule has 0 aliphatic heterocycles. The minimum absolute atomic E-state index is 0.609. The van der Waals surface area contributed by atoms with Crippen LogP contribution in [0.15, 0.2) is 12.5 Å². The molecule has 0 saturated heterocycles. The summed E-state index contributed by atoms with van der Waals surface area (Å²) in [5, 5.41) is 1.27. The normalized spacial score (nSPS) is 17.2. The topological polar surface area (TPSA) is 56.7 Å². The second kappa shape index (κ2) is 5.29. The fourth-order valence-electron chi connectivity index (χ4n) is 3.35. The molecule has 4 heteroatoms. The van der Waals surface area contributed by atoms with Crippen LogP contribution >= 0.6 is 0 Å². The Bertz CT molecular complexity index is 567. The third kappa shape index (κ3) is 2.25. The van der Waals surface area contributed by atoms with Crippen LogP contribution < -0.4 is 5.73 Å². The van der Waals surface area contributed by atoms with E-state index in [2.05, 4.69) is 27.8 Å². The van der Waals surface area contributed by atoms with Crippen LogP contribution in [0, 0.1) is 0 Å². The van der Waals surface area contributed by atoms with Crippen molar-refractivity contribution >= 4 is 11.0 Å². The van der Waals surface area contributed by atoms with Gasteiger partial charge < -0.3 is 10.3 Å². The molecule has 3 rings (SSSR count). The Hall–Kier alpha value is -1.42. The molecule has 2 heterocycles.